The number of hydrogen-bond acceptors (Lipinski definition) is 0. The van der Waals surface area contributed by atoms with Crippen LogP contribution in [0.25, 0.3) is 0 Å². The van der Waals surface area contributed by atoms with Gasteiger partial charge in [0.1, 0.15) is 0 Å². The summed E-state index contributed by atoms with van der Waals surface area (Å²) in [6, 6.07) is 9.37. The molecular formula is C25H39F. The van der Waals surface area contributed by atoms with Gasteiger partial charge in [0.15, 0.2) is 0 Å². The molecule has 1 aromatic rings. The third-order valence-corrected chi connectivity index (χ3v) is 5.99. The van der Waals surface area contributed by atoms with Crippen molar-refractivity contribution in [2.45, 2.75) is 90.4 Å². The summed E-state index contributed by atoms with van der Waals surface area (Å²) in [5.74, 6) is 1.72. The molecule has 26 heavy (non-hydrogen) atoms. The van der Waals surface area contributed by atoms with E-state index in [1.54, 1.807) is 0 Å². The van der Waals surface area contributed by atoms with Crippen LogP contribution in [0.2, 0.25) is 0 Å². The molecule has 0 radical (unpaired) electrons. The van der Waals surface area contributed by atoms with Crippen molar-refractivity contribution in [3.8, 4) is 0 Å². The lowest BCUT2D eigenvalue weighted by Crippen LogP contribution is -2.13. The molecule has 0 nitrogen and oxygen atoms in total. The van der Waals surface area contributed by atoms with Crippen LogP contribution in [0, 0.1) is 11.8 Å². The molecular weight excluding hydrogens is 319 g/mol. The van der Waals surface area contributed by atoms with Crippen molar-refractivity contribution in [1.82, 2.24) is 0 Å². The minimum atomic E-state index is -0.156. The first-order chi connectivity index (χ1) is 12.8. The van der Waals surface area contributed by atoms with E-state index in [4.69, 9.17) is 0 Å². The highest BCUT2D eigenvalue weighted by Gasteiger charge is 2.19. The zero-order valence-corrected chi connectivity index (χ0v) is 16.9. The van der Waals surface area contributed by atoms with Gasteiger partial charge in [0.25, 0.3) is 0 Å². The van der Waals surface area contributed by atoms with Crippen molar-refractivity contribution < 1.29 is 4.39 Å². The molecule has 0 amide bonds. The van der Waals surface area contributed by atoms with Crippen LogP contribution in [0.15, 0.2) is 36.4 Å². The van der Waals surface area contributed by atoms with Crippen LogP contribution < -0.4 is 0 Å². The van der Waals surface area contributed by atoms with Crippen molar-refractivity contribution in [1.29, 1.82) is 0 Å². The monoisotopic (exact) mass is 358 g/mol. The van der Waals surface area contributed by atoms with E-state index in [0.717, 1.165) is 37.5 Å². The van der Waals surface area contributed by atoms with Crippen LogP contribution in [-0.2, 0) is 12.8 Å². The van der Waals surface area contributed by atoms with E-state index in [1.165, 1.54) is 68.9 Å². The number of benzene rings is 1. The molecule has 1 aromatic carbocycles. The normalized spacial score (nSPS) is 20.7. The maximum Gasteiger partial charge on any atom is 0.0894 e. The fourth-order valence-corrected chi connectivity index (χ4v) is 4.12. The highest BCUT2D eigenvalue weighted by atomic mass is 19.1. The Hall–Kier alpha value is -1.11. The smallest absolute Gasteiger partial charge is 0.0894 e. The quantitative estimate of drug-likeness (QED) is 0.263. The summed E-state index contributed by atoms with van der Waals surface area (Å²) in [5, 5.41) is 0. The van der Waals surface area contributed by atoms with Crippen LogP contribution in [0.5, 0.6) is 0 Å². The Balaban J connectivity index is 1.59. The second-order valence-corrected chi connectivity index (χ2v) is 8.21. The Bertz CT molecular complexity index is 479. The van der Waals surface area contributed by atoms with E-state index in [1.807, 2.05) is 0 Å². The lowest BCUT2D eigenvalue weighted by molar-refractivity contribution is 0.296. The van der Waals surface area contributed by atoms with Crippen LogP contribution >= 0.6 is 0 Å². The molecule has 146 valence electrons. The topological polar surface area (TPSA) is 0 Å². The van der Waals surface area contributed by atoms with Gasteiger partial charge in [0.05, 0.1) is 6.67 Å². The molecule has 1 fully saturated rings. The van der Waals surface area contributed by atoms with Crippen molar-refractivity contribution in [2.75, 3.05) is 6.67 Å². The highest BCUT2D eigenvalue weighted by Crippen LogP contribution is 2.32. The average molecular weight is 359 g/mol. The fraction of sp³-hybridized carbons (Fsp3) is 0.680. The summed E-state index contributed by atoms with van der Waals surface area (Å²) in [4.78, 5) is 0. The van der Waals surface area contributed by atoms with Gasteiger partial charge in [-0.15, -0.1) is 0 Å². The Kier molecular flexibility index (Phi) is 10.7. The summed E-state index contributed by atoms with van der Waals surface area (Å²) >= 11 is 0. The molecule has 1 heteroatoms. The first kappa shape index (κ1) is 21.2. The lowest BCUT2D eigenvalue weighted by Gasteiger charge is -2.26. The molecule has 0 bridgehead atoms. The van der Waals surface area contributed by atoms with Crippen LogP contribution in [-0.4, -0.2) is 6.67 Å². The minimum Gasteiger partial charge on any atom is -0.251 e. The Morgan fingerprint density at radius 1 is 0.885 bits per heavy atom. The molecule has 1 aliphatic rings. The van der Waals surface area contributed by atoms with Crippen molar-refractivity contribution >= 4 is 0 Å². The molecule has 1 aliphatic carbocycles. The predicted molar refractivity (Wildman–Crippen MR) is 112 cm³/mol. The lowest BCUT2D eigenvalue weighted by atomic mass is 9.79. The van der Waals surface area contributed by atoms with Crippen molar-refractivity contribution in [2.24, 2.45) is 11.8 Å². The van der Waals surface area contributed by atoms with E-state index in [-0.39, 0.29) is 6.67 Å². The fourth-order valence-electron chi connectivity index (χ4n) is 4.12. The Morgan fingerprint density at radius 2 is 1.58 bits per heavy atom. The minimum absolute atomic E-state index is 0.156. The molecule has 2 rings (SSSR count). The number of allylic oxidation sites excluding steroid dienone is 2. The summed E-state index contributed by atoms with van der Waals surface area (Å²) < 4.78 is 12.0. The SMILES string of the molecule is CCCCc1ccc(CC[C@H]2CC[C@H](C=CCCCCCF)CC2)cc1. The van der Waals surface area contributed by atoms with Crippen LogP contribution in [0.1, 0.15) is 88.7 Å². The van der Waals surface area contributed by atoms with Gasteiger partial charge in [-0.1, -0.05) is 56.2 Å². The van der Waals surface area contributed by atoms with Crippen LogP contribution in [0.3, 0.4) is 0 Å². The van der Waals surface area contributed by atoms with Gasteiger partial charge in [0, 0.05) is 0 Å². The zero-order chi connectivity index (χ0) is 18.5. The van der Waals surface area contributed by atoms with E-state index in [2.05, 4.69) is 43.3 Å². The number of alkyl halides is 1. The third-order valence-electron chi connectivity index (χ3n) is 5.99. The Morgan fingerprint density at radius 3 is 2.23 bits per heavy atom. The van der Waals surface area contributed by atoms with Crippen molar-refractivity contribution in [3.05, 3.63) is 47.5 Å². The average Bonchev–Trinajstić information content (AvgIpc) is 2.69. The van der Waals surface area contributed by atoms with Gasteiger partial charge in [0.2, 0.25) is 0 Å². The number of hydrogen-bond donors (Lipinski definition) is 0. The molecule has 0 atom stereocenters. The second kappa shape index (κ2) is 13.1. The number of halogens is 1. The van der Waals surface area contributed by atoms with Gasteiger partial charge < -0.3 is 0 Å². The highest BCUT2D eigenvalue weighted by molar-refractivity contribution is 5.22. The predicted octanol–water partition coefficient (Wildman–Crippen LogP) is 7.85. The van der Waals surface area contributed by atoms with E-state index >= 15 is 0 Å². The Labute approximate surface area is 161 Å². The number of rotatable bonds is 12. The van der Waals surface area contributed by atoms with Crippen molar-refractivity contribution in [3.63, 3.8) is 0 Å². The van der Waals surface area contributed by atoms with Gasteiger partial charge >= 0.3 is 0 Å². The zero-order valence-electron chi connectivity index (χ0n) is 16.9. The maximum atomic E-state index is 12.0. The third kappa shape index (κ3) is 8.52. The molecule has 0 spiro atoms. The maximum absolute atomic E-state index is 12.0. The summed E-state index contributed by atoms with van der Waals surface area (Å²) in [7, 11) is 0. The van der Waals surface area contributed by atoms with Gasteiger partial charge in [-0.2, -0.15) is 0 Å². The van der Waals surface area contributed by atoms with Gasteiger partial charge in [-0.05, 0) is 93.6 Å². The van der Waals surface area contributed by atoms with Gasteiger partial charge in [-0.25, -0.2) is 0 Å². The molecule has 0 aliphatic heterocycles. The molecule has 1 saturated carbocycles. The van der Waals surface area contributed by atoms with E-state index in [0.29, 0.717) is 0 Å². The molecule has 0 aromatic heterocycles. The van der Waals surface area contributed by atoms with E-state index < -0.39 is 0 Å². The largest absolute Gasteiger partial charge is 0.251 e. The summed E-state index contributed by atoms with van der Waals surface area (Å²) in [5.41, 5.74) is 3.01. The first-order valence-corrected chi connectivity index (χ1v) is 11.1. The van der Waals surface area contributed by atoms with E-state index in [9.17, 15) is 4.39 Å². The standard InChI is InChI=1S/C25H39F/c1-2-3-9-22-11-15-24(16-12-22)19-20-25-17-13-23(14-18-25)10-7-5-4-6-8-21-26/h7,10-12,15-16,23,25H,2-6,8-9,13-14,17-21H2,1H3/t23-,25-. The molecule has 0 N–H and O–H groups in total. The summed E-state index contributed by atoms with van der Waals surface area (Å²) in [6.45, 7) is 2.10. The molecule has 0 heterocycles. The second-order valence-electron chi connectivity index (χ2n) is 8.21. The summed E-state index contributed by atoms with van der Waals surface area (Å²) in [6.07, 6.45) is 20.8. The number of unbranched alkanes of at least 4 members (excludes halogenated alkanes) is 4. The van der Waals surface area contributed by atoms with Gasteiger partial charge in [-0.3, -0.25) is 4.39 Å². The first-order valence-electron chi connectivity index (χ1n) is 11.1. The molecule has 0 unspecified atom stereocenters. The molecule has 0 saturated heterocycles. The van der Waals surface area contributed by atoms with Crippen LogP contribution in [0.4, 0.5) is 4.39 Å². The number of aryl methyl sites for hydroxylation is 2.